The molecule has 14 heteroatoms. The Morgan fingerprint density at radius 2 is 1.70 bits per heavy atom. The van der Waals surface area contributed by atoms with Gasteiger partial charge in [-0.3, -0.25) is 4.79 Å². The van der Waals surface area contributed by atoms with Crippen molar-refractivity contribution in [1.29, 1.82) is 0 Å². The topological polar surface area (TPSA) is 231 Å². The molecule has 50 heavy (non-hydrogen) atoms. The summed E-state index contributed by atoms with van der Waals surface area (Å²) in [5.74, 6) is -5.41. The molecule has 3 fully saturated rings. The summed E-state index contributed by atoms with van der Waals surface area (Å²) >= 11 is 0. The van der Waals surface area contributed by atoms with E-state index in [1.165, 1.54) is 6.08 Å². The van der Waals surface area contributed by atoms with Crippen LogP contribution in [0.25, 0.3) is 0 Å². The average molecular weight is 708 g/mol. The van der Waals surface area contributed by atoms with E-state index >= 15 is 0 Å². The van der Waals surface area contributed by atoms with Crippen molar-refractivity contribution in [2.75, 3.05) is 0 Å². The Labute approximate surface area is 292 Å². The molecule has 3 saturated heterocycles. The van der Waals surface area contributed by atoms with Gasteiger partial charge in [0.15, 0.2) is 12.1 Å². The van der Waals surface area contributed by atoms with E-state index in [-0.39, 0.29) is 25.4 Å². The normalized spacial score (nSPS) is 45.1. The summed E-state index contributed by atoms with van der Waals surface area (Å²) in [7, 11) is 0. The Kier molecular flexibility index (Phi) is 14.9. The Morgan fingerprint density at radius 3 is 2.42 bits per heavy atom. The van der Waals surface area contributed by atoms with Crippen molar-refractivity contribution in [1.82, 2.24) is 0 Å². The van der Waals surface area contributed by atoms with Crippen molar-refractivity contribution >= 4 is 11.9 Å². The second-order valence-electron chi connectivity index (χ2n) is 13.5. The van der Waals surface area contributed by atoms with E-state index in [4.69, 9.17) is 29.4 Å². The summed E-state index contributed by atoms with van der Waals surface area (Å²) in [4.78, 5) is 24.8. The highest BCUT2D eigenvalue weighted by Gasteiger charge is 2.51. The third-order valence-corrected chi connectivity index (χ3v) is 9.35. The zero-order valence-electron chi connectivity index (χ0n) is 28.6. The number of carboxylic acids is 1. The van der Waals surface area contributed by atoms with Crippen LogP contribution in [0, 0.1) is 5.92 Å². The molecule has 9 unspecified atom stereocenters. The summed E-state index contributed by atoms with van der Waals surface area (Å²) in [6.45, 7) is 3.64. The van der Waals surface area contributed by atoms with Crippen molar-refractivity contribution in [3.63, 3.8) is 0 Å². The van der Waals surface area contributed by atoms with Crippen LogP contribution in [-0.4, -0.2) is 122 Å². The fraction of sp³-hybridized carbons (Fsp3) is 0.667. The van der Waals surface area contributed by atoms with Gasteiger partial charge in [0.25, 0.3) is 0 Å². The summed E-state index contributed by atoms with van der Waals surface area (Å²) in [5.41, 5.74) is 6.00. The number of aliphatic hydroxyl groups is 5. The fourth-order valence-electron chi connectivity index (χ4n) is 6.54. The van der Waals surface area contributed by atoms with Gasteiger partial charge in [-0.05, 0) is 19.4 Å². The lowest BCUT2D eigenvalue weighted by atomic mass is 9.83. The first-order valence-electron chi connectivity index (χ1n) is 17.4. The van der Waals surface area contributed by atoms with Crippen molar-refractivity contribution < 1.29 is 63.9 Å². The van der Waals surface area contributed by atoms with Gasteiger partial charge in [0.1, 0.15) is 24.2 Å². The molecule has 8 N–H and O–H groups in total. The van der Waals surface area contributed by atoms with Gasteiger partial charge < -0.3 is 60.1 Å². The molecular weight excluding hydrogens is 654 g/mol. The SMILES string of the molecule is CCCCC1C\C=C/C=C/C=C/C=C/C(O[C@@H]2O[C@H](C)[C@@H](O)[C@H](N)[C@@H]2O)CC2OC(O)(CC(O)CC3OC3/C=C\C(=O)O1)CC(O)C2C(=O)O. The number of fused-ring (bicyclic) bond motifs is 3. The van der Waals surface area contributed by atoms with E-state index in [1.807, 2.05) is 18.2 Å². The Bertz CT molecular complexity index is 1270. The lowest BCUT2D eigenvalue weighted by molar-refractivity contribution is -0.308. The van der Waals surface area contributed by atoms with Crippen LogP contribution in [0.5, 0.6) is 0 Å². The zero-order valence-corrected chi connectivity index (χ0v) is 28.6. The van der Waals surface area contributed by atoms with E-state index < -0.39 is 97.3 Å². The number of carbonyl (C=O) groups excluding carboxylic acids is 1. The number of esters is 1. The molecule has 0 radical (unpaired) electrons. The number of nitrogens with two attached hydrogens (primary N) is 1. The number of carboxylic acid groups (broad SMARTS) is 1. The van der Waals surface area contributed by atoms with Gasteiger partial charge in [0.2, 0.25) is 0 Å². The smallest absolute Gasteiger partial charge is 0.330 e. The maximum atomic E-state index is 12.5. The molecule has 4 aliphatic rings. The van der Waals surface area contributed by atoms with E-state index in [0.29, 0.717) is 6.42 Å². The number of hydrogen-bond donors (Lipinski definition) is 7. The molecule has 0 aliphatic carbocycles. The van der Waals surface area contributed by atoms with Gasteiger partial charge in [0.05, 0.1) is 48.8 Å². The summed E-state index contributed by atoms with van der Waals surface area (Å²) in [6.07, 6.45) is 8.24. The number of unbranched alkanes of at least 4 members (excludes halogenated alkanes) is 1. The molecule has 0 aromatic rings. The van der Waals surface area contributed by atoms with Crippen LogP contribution in [-0.2, 0) is 33.3 Å². The minimum absolute atomic E-state index is 0.0816. The molecule has 0 spiro atoms. The lowest BCUT2D eigenvalue weighted by Gasteiger charge is -2.45. The molecule has 2 bridgehead atoms. The quantitative estimate of drug-likeness (QED) is 0.152. The predicted molar refractivity (Wildman–Crippen MR) is 179 cm³/mol. The van der Waals surface area contributed by atoms with Gasteiger partial charge in [-0.1, -0.05) is 68.4 Å². The van der Waals surface area contributed by atoms with Crippen LogP contribution in [0.2, 0.25) is 0 Å². The Hall–Kier alpha value is -2.76. The van der Waals surface area contributed by atoms with Crippen LogP contribution >= 0.6 is 0 Å². The molecule has 0 aromatic heterocycles. The van der Waals surface area contributed by atoms with Crippen molar-refractivity contribution in [3.8, 4) is 0 Å². The van der Waals surface area contributed by atoms with Gasteiger partial charge in [-0.2, -0.15) is 0 Å². The molecular formula is C36H53NO13. The fourth-order valence-corrected chi connectivity index (χ4v) is 6.54. The molecule has 4 heterocycles. The first-order chi connectivity index (χ1) is 23.8. The zero-order chi connectivity index (χ0) is 36.4. The summed E-state index contributed by atoms with van der Waals surface area (Å²) in [6, 6.07) is -1.08. The highest BCUT2D eigenvalue weighted by atomic mass is 16.7. The first-order valence-corrected chi connectivity index (χ1v) is 17.4. The number of cyclic esters (lactones) is 1. The van der Waals surface area contributed by atoms with Crippen LogP contribution in [0.3, 0.4) is 0 Å². The molecule has 0 aromatic carbocycles. The highest BCUT2D eigenvalue weighted by Crippen LogP contribution is 2.39. The largest absolute Gasteiger partial charge is 0.481 e. The number of ether oxygens (including phenoxy) is 5. The number of epoxide rings is 1. The average Bonchev–Trinajstić information content (AvgIpc) is 3.78. The Balaban J connectivity index is 1.58. The van der Waals surface area contributed by atoms with Gasteiger partial charge in [0, 0.05) is 38.2 Å². The standard InChI is InChI=1S/C36H53NO13/c1-3-4-12-23-13-10-8-6-5-7-9-11-14-24(48-35-33(42)31(37)32(41)21(2)46-35)18-28-30(34(43)44)25(39)20-36(45,50-28)19-22(38)17-27-26(49-27)15-16-29(40)47-23/h5-11,14-16,21-28,30-33,35,38-39,41-42,45H,3-4,12-13,17-20,37H2,1-2H3,(H,43,44)/b6-5+,9-7+,10-8-,14-11+,16-15-/t21-,22?,23?,24?,25?,26?,27?,28?,30?,31+,32-,33+,35+,36?/m1/s1. The van der Waals surface area contributed by atoms with Gasteiger partial charge in [-0.25, -0.2) is 4.79 Å². The monoisotopic (exact) mass is 707 g/mol. The van der Waals surface area contributed by atoms with Gasteiger partial charge in [-0.15, -0.1) is 0 Å². The second-order valence-corrected chi connectivity index (χ2v) is 13.5. The molecule has 0 saturated carbocycles. The summed E-state index contributed by atoms with van der Waals surface area (Å²) in [5, 5.41) is 64.2. The van der Waals surface area contributed by atoms with E-state index in [1.54, 1.807) is 43.4 Å². The minimum Gasteiger partial charge on any atom is -0.481 e. The Morgan fingerprint density at radius 1 is 0.980 bits per heavy atom. The minimum atomic E-state index is -2.10. The molecule has 280 valence electrons. The predicted octanol–water partition coefficient (Wildman–Crippen LogP) is 1.29. The van der Waals surface area contributed by atoms with Crippen molar-refractivity contribution in [2.45, 2.75) is 144 Å². The van der Waals surface area contributed by atoms with Crippen LogP contribution in [0.1, 0.15) is 65.2 Å². The molecule has 14 atom stereocenters. The number of allylic oxidation sites excluding steroid dienone is 6. The number of carbonyl (C=O) groups is 2. The van der Waals surface area contributed by atoms with Crippen LogP contribution in [0.4, 0.5) is 0 Å². The lowest BCUT2D eigenvalue weighted by Crippen LogP contribution is -2.61. The number of aliphatic carboxylic acids is 1. The van der Waals surface area contributed by atoms with Crippen LogP contribution < -0.4 is 5.73 Å². The number of rotatable bonds is 6. The number of hydrogen-bond acceptors (Lipinski definition) is 13. The molecule has 4 rings (SSSR count). The number of aliphatic hydroxyl groups excluding tert-OH is 4. The van der Waals surface area contributed by atoms with Crippen molar-refractivity contribution in [2.24, 2.45) is 11.7 Å². The first kappa shape index (κ1) is 40.0. The molecule has 4 aliphatic heterocycles. The van der Waals surface area contributed by atoms with Crippen molar-refractivity contribution in [3.05, 3.63) is 60.8 Å². The maximum Gasteiger partial charge on any atom is 0.330 e. The molecule has 14 nitrogen and oxygen atoms in total. The summed E-state index contributed by atoms with van der Waals surface area (Å²) < 4.78 is 29.0. The highest BCUT2D eigenvalue weighted by molar-refractivity contribution is 5.82. The second kappa shape index (κ2) is 18.6. The third kappa shape index (κ3) is 11.6. The van der Waals surface area contributed by atoms with E-state index in [0.717, 1.165) is 19.3 Å². The maximum absolute atomic E-state index is 12.5. The molecule has 0 amide bonds. The van der Waals surface area contributed by atoms with Gasteiger partial charge >= 0.3 is 11.9 Å². The van der Waals surface area contributed by atoms with E-state index in [2.05, 4.69) is 6.92 Å². The third-order valence-electron chi connectivity index (χ3n) is 9.35. The van der Waals surface area contributed by atoms with E-state index in [9.17, 15) is 40.2 Å². The van der Waals surface area contributed by atoms with Crippen LogP contribution in [0.15, 0.2) is 60.8 Å².